The molecule has 4 nitrogen and oxygen atoms in total. The molecule has 6 heteroatoms. The Bertz CT molecular complexity index is 582. The van der Waals surface area contributed by atoms with Crippen LogP contribution in [0.4, 0.5) is 4.39 Å². The van der Waals surface area contributed by atoms with Crippen LogP contribution in [0.15, 0.2) is 24.3 Å². The Hall–Kier alpha value is -1.43. The van der Waals surface area contributed by atoms with E-state index in [2.05, 4.69) is 5.32 Å². The number of hydrogen-bond acceptors (Lipinski definition) is 3. The van der Waals surface area contributed by atoms with Crippen molar-refractivity contribution in [3.8, 4) is 0 Å². The maximum Gasteiger partial charge on any atom is 0.235 e. The van der Waals surface area contributed by atoms with Gasteiger partial charge in [0.15, 0.2) is 9.84 Å². The van der Waals surface area contributed by atoms with Gasteiger partial charge in [-0.15, -0.1) is 0 Å². The van der Waals surface area contributed by atoms with E-state index in [1.807, 2.05) is 20.8 Å². The molecule has 0 saturated heterocycles. The van der Waals surface area contributed by atoms with E-state index in [0.717, 1.165) is 0 Å². The summed E-state index contributed by atoms with van der Waals surface area (Å²) in [5.41, 5.74) is -0.375. The fraction of sp³-hybridized carbons (Fsp3) is 0.500. The Morgan fingerprint density at radius 3 is 2.45 bits per heavy atom. The van der Waals surface area contributed by atoms with E-state index in [1.165, 1.54) is 18.2 Å². The average Bonchev–Trinajstić information content (AvgIpc) is 2.30. The van der Waals surface area contributed by atoms with Crippen LogP contribution in [-0.2, 0) is 20.4 Å². The third kappa shape index (κ3) is 5.28. The SMILES string of the molecule is CCC(C)(C)NC(=O)CS(=O)(=O)Cc1ccccc1F. The van der Waals surface area contributed by atoms with Crippen LogP contribution in [0.5, 0.6) is 0 Å². The van der Waals surface area contributed by atoms with Gasteiger partial charge in [-0.2, -0.15) is 0 Å². The summed E-state index contributed by atoms with van der Waals surface area (Å²) < 4.78 is 37.2. The van der Waals surface area contributed by atoms with E-state index in [0.29, 0.717) is 6.42 Å². The molecule has 20 heavy (non-hydrogen) atoms. The first-order valence-corrected chi connectivity index (χ1v) is 8.22. The molecule has 0 aliphatic heterocycles. The zero-order valence-electron chi connectivity index (χ0n) is 11.9. The lowest BCUT2D eigenvalue weighted by atomic mass is 10.0. The van der Waals surface area contributed by atoms with Crippen LogP contribution >= 0.6 is 0 Å². The lowest BCUT2D eigenvalue weighted by Gasteiger charge is -2.24. The first kappa shape index (κ1) is 16.6. The predicted octanol–water partition coefficient (Wildman–Crippen LogP) is 2.05. The first-order chi connectivity index (χ1) is 9.15. The Balaban J connectivity index is 2.72. The molecule has 0 aliphatic carbocycles. The third-order valence-corrected chi connectivity index (χ3v) is 4.50. The van der Waals surface area contributed by atoms with Gasteiger partial charge >= 0.3 is 0 Å². The fourth-order valence-corrected chi connectivity index (χ4v) is 2.89. The van der Waals surface area contributed by atoms with Crippen molar-refractivity contribution in [2.45, 2.75) is 38.5 Å². The minimum atomic E-state index is -3.69. The second-order valence-corrected chi connectivity index (χ2v) is 7.47. The van der Waals surface area contributed by atoms with Gasteiger partial charge in [0.1, 0.15) is 11.6 Å². The van der Waals surface area contributed by atoms with E-state index in [1.54, 1.807) is 6.07 Å². The summed E-state index contributed by atoms with van der Waals surface area (Å²) in [5, 5.41) is 2.65. The number of sulfone groups is 1. The lowest BCUT2D eigenvalue weighted by Crippen LogP contribution is -2.45. The fourth-order valence-electron chi connectivity index (χ4n) is 1.61. The molecule has 0 spiro atoms. The molecule has 0 aromatic heterocycles. The molecule has 0 atom stereocenters. The van der Waals surface area contributed by atoms with Gasteiger partial charge in [-0.25, -0.2) is 12.8 Å². The van der Waals surface area contributed by atoms with E-state index >= 15 is 0 Å². The zero-order chi connectivity index (χ0) is 15.4. The number of carbonyl (C=O) groups is 1. The highest BCUT2D eigenvalue weighted by molar-refractivity contribution is 7.91. The largest absolute Gasteiger partial charge is 0.350 e. The smallest absolute Gasteiger partial charge is 0.235 e. The quantitative estimate of drug-likeness (QED) is 0.874. The highest BCUT2D eigenvalue weighted by Gasteiger charge is 2.23. The van der Waals surface area contributed by atoms with Gasteiger partial charge in [0.25, 0.3) is 0 Å². The van der Waals surface area contributed by atoms with Crippen molar-refractivity contribution >= 4 is 15.7 Å². The molecule has 112 valence electrons. The number of rotatable bonds is 6. The van der Waals surface area contributed by atoms with Gasteiger partial charge in [0.2, 0.25) is 5.91 Å². The van der Waals surface area contributed by atoms with Crippen LogP contribution in [0.2, 0.25) is 0 Å². The maximum atomic E-state index is 13.4. The van der Waals surface area contributed by atoms with Crippen LogP contribution in [0.25, 0.3) is 0 Å². The molecule has 0 bridgehead atoms. The van der Waals surface area contributed by atoms with Gasteiger partial charge in [-0.1, -0.05) is 25.1 Å². The topological polar surface area (TPSA) is 63.2 Å². The molecule has 1 aromatic rings. The molecule has 1 N–H and O–H groups in total. The van der Waals surface area contributed by atoms with E-state index in [9.17, 15) is 17.6 Å². The predicted molar refractivity (Wildman–Crippen MR) is 76.4 cm³/mol. The van der Waals surface area contributed by atoms with Crippen LogP contribution in [0.3, 0.4) is 0 Å². The van der Waals surface area contributed by atoms with Crippen LogP contribution in [0.1, 0.15) is 32.8 Å². The third-order valence-electron chi connectivity index (χ3n) is 3.05. The van der Waals surface area contributed by atoms with Gasteiger partial charge in [0.05, 0.1) is 5.75 Å². The molecule has 0 unspecified atom stereocenters. The molecule has 1 rings (SSSR count). The van der Waals surface area contributed by atoms with E-state index in [4.69, 9.17) is 0 Å². The molecule has 1 amide bonds. The van der Waals surface area contributed by atoms with Crippen molar-refractivity contribution in [1.82, 2.24) is 5.32 Å². The average molecular weight is 301 g/mol. The molecule has 0 saturated carbocycles. The number of hydrogen-bond donors (Lipinski definition) is 1. The van der Waals surface area contributed by atoms with Crippen LogP contribution in [0, 0.1) is 5.82 Å². The first-order valence-electron chi connectivity index (χ1n) is 6.40. The van der Waals surface area contributed by atoms with Crippen molar-refractivity contribution in [2.75, 3.05) is 5.75 Å². The molecule has 1 aromatic carbocycles. The summed E-state index contributed by atoms with van der Waals surface area (Å²) in [7, 11) is -3.69. The number of carbonyl (C=O) groups excluding carboxylic acids is 1. The van der Waals surface area contributed by atoms with E-state index < -0.39 is 38.6 Å². The van der Waals surface area contributed by atoms with E-state index in [-0.39, 0.29) is 5.56 Å². The summed E-state index contributed by atoms with van der Waals surface area (Å²) in [6.45, 7) is 5.52. The Labute approximate surface area is 119 Å². The molecule has 0 fully saturated rings. The summed E-state index contributed by atoms with van der Waals surface area (Å²) >= 11 is 0. The normalized spacial score (nSPS) is 12.2. The molecular formula is C14H20FNO3S. The summed E-state index contributed by atoms with van der Waals surface area (Å²) in [6.07, 6.45) is 0.687. The van der Waals surface area contributed by atoms with Crippen molar-refractivity contribution in [1.29, 1.82) is 0 Å². The summed E-state index contributed by atoms with van der Waals surface area (Å²) in [5.74, 6) is -2.25. The highest BCUT2D eigenvalue weighted by atomic mass is 32.2. The highest BCUT2D eigenvalue weighted by Crippen LogP contribution is 2.12. The summed E-state index contributed by atoms with van der Waals surface area (Å²) in [4.78, 5) is 11.7. The lowest BCUT2D eigenvalue weighted by molar-refractivity contribution is -0.120. The zero-order valence-corrected chi connectivity index (χ0v) is 12.8. The van der Waals surface area contributed by atoms with Crippen molar-refractivity contribution in [3.63, 3.8) is 0 Å². The van der Waals surface area contributed by atoms with Crippen molar-refractivity contribution in [2.24, 2.45) is 0 Å². The van der Waals surface area contributed by atoms with Gasteiger partial charge in [-0.05, 0) is 26.3 Å². The minimum absolute atomic E-state index is 0.0788. The van der Waals surface area contributed by atoms with Crippen LogP contribution < -0.4 is 5.32 Å². The van der Waals surface area contributed by atoms with Gasteiger partial charge in [0, 0.05) is 11.1 Å². The van der Waals surface area contributed by atoms with Crippen molar-refractivity contribution in [3.05, 3.63) is 35.6 Å². The Morgan fingerprint density at radius 2 is 1.90 bits per heavy atom. The molecule has 0 aliphatic rings. The Morgan fingerprint density at radius 1 is 1.30 bits per heavy atom. The number of nitrogens with one attached hydrogen (secondary N) is 1. The van der Waals surface area contributed by atoms with Crippen LogP contribution in [-0.4, -0.2) is 25.6 Å². The summed E-state index contributed by atoms with van der Waals surface area (Å²) in [6, 6.07) is 5.65. The molecule has 0 radical (unpaired) electrons. The number of halogens is 1. The maximum absolute atomic E-state index is 13.4. The second kappa shape index (κ2) is 6.35. The second-order valence-electron chi connectivity index (χ2n) is 5.41. The standard InChI is InChI=1S/C14H20FNO3S/c1-4-14(2,3)16-13(17)10-20(18,19)9-11-7-5-6-8-12(11)15/h5-8H,4,9-10H2,1-3H3,(H,16,17). The van der Waals surface area contributed by atoms with Crippen molar-refractivity contribution < 1.29 is 17.6 Å². The Kier molecular flexibility index (Phi) is 5.28. The minimum Gasteiger partial charge on any atom is -0.350 e. The van der Waals surface area contributed by atoms with Gasteiger partial charge in [-0.3, -0.25) is 4.79 Å². The number of amides is 1. The van der Waals surface area contributed by atoms with Gasteiger partial charge < -0.3 is 5.32 Å². The molecule has 0 heterocycles. The monoisotopic (exact) mass is 301 g/mol. The molecular weight excluding hydrogens is 281 g/mol. The number of benzene rings is 1.